The van der Waals surface area contributed by atoms with E-state index >= 15 is 0 Å². The maximum Gasteiger partial charge on any atom is 0.723 e. The first kappa shape index (κ1) is 17.3. The van der Waals surface area contributed by atoms with Gasteiger partial charge in [-0.3, -0.25) is 0 Å². The first-order valence-electron chi connectivity index (χ1n) is 7.23. The summed E-state index contributed by atoms with van der Waals surface area (Å²) in [5.74, 6) is 1.06. The number of nitrogens with zero attached hydrogens (tertiary/aromatic N) is 1. The lowest BCUT2D eigenvalue weighted by molar-refractivity contribution is 0.00406. The number of hydrogen-bond acceptors (Lipinski definition) is 4. The van der Waals surface area contributed by atoms with E-state index in [-0.39, 0.29) is 0 Å². The van der Waals surface area contributed by atoms with Crippen molar-refractivity contribution >= 4 is 13.9 Å². The summed E-state index contributed by atoms with van der Waals surface area (Å²) in [5.41, 5.74) is -0.00622. The molecule has 1 unspecified atom stereocenters. The Hall–Kier alpha value is -2.10. The van der Waals surface area contributed by atoms with Crippen molar-refractivity contribution < 1.29 is 18.7 Å². The van der Waals surface area contributed by atoms with E-state index in [1.54, 1.807) is 31.4 Å². The largest absolute Gasteiger partial charge is 0.723 e. The van der Waals surface area contributed by atoms with Crippen LogP contribution in [0.5, 0.6) is 11.5 Å². The minimum Gasteiger partial charge on any atom is -0.494 e. The van der Waals surface area contributed by atoms with Gasteiger partial charge in [0.15, 0.2) is 11.4 Å². The Labute approximate surface area is 137 Å². The number of benzene rings is 2. The second kappa shape index (κ2) is 7.44. The van der Waals surface area contributed by atoms with Crippen molar-refractivity contribution in [2.24, 2.45) is 0 Å². The van der Waals surface area contributed by atoms with Crippen LogP contribution in [0.4, 0.5) is 5.69 Å². The summed E-state index contributed by atoms with van der Waals surface area (Å²) in [7, 11) is -0.747. The molecule has 0 spiro atoms. The van der Waals surface area contributed by atoms with Gasteiger partial charge in [0, 0.05) is 9.40 Å². The van der Waals surface area contributed by atoms with Crippen molar-refractivity contribution in [2.45, 2.75) is 26.4 Å². The zero-order valence-electron chi connectivity index (χ0n) is 13.7. The van der Waals surface area contributed by atoms with Gasteiger partial charge in [0.1, 0.15) is 5.75 Å². The van der Waals surface area contributed by atoms with Crippen LogP contribution < -0.4 is 14.1 Å². The molecule has 5 nitrogen and oxygen atoms in total. The predicted molar refractivity (Wildman–Crippen MR) is 91.0 cm³/mol. The van der Waals surface area contributed by atoms with Gasteiger partial charge < -0.3 is 4.74 Å². The molecule has 0 aliphatic rings. The van der Waals surface area contributed by atoms with E-state index in [0.717, 1.165) is 0 Å². The van der Waals surface area contributed by atoms with Gasteiger partial charge in [0.25, 0.3) is 0 Å². The smallest absolute Gasteiger partial charge is 0.494 e. The summed E-state index contributed by atoms with van der Waals surface area (Å²) >= 11 is 0. The highest BCUT2D eigenvalue weighted by atomic mass is 31.1. The molecule has 0 bridgehead atoms. The van der Waals surface area contributed by atoms with E-state index in [0.29, 0.717) is 17.2 Å². The lowest BCUT2D eigenvalue weighted by Gasteiger charge is -2.23. The maximum absolute atomic E-state index is 12.7. The standard InChI is InChI=1S/C17H21NO4P/c1-17(2,3)22-18(15-12-8-9-13-16(15)20-4)23(19)21-14-10-6-5-7-11-14/h5-13H,1-4H3/q+1. The van der Waals surface area contributed by atoms with E-state index in [9.17, 15) is 4.57 Å². The second-order valence-corrected chi connectivity index (χ2v) is 6.81. The third-order valence-corrected chi connectivity index (χ3v) is 3.69. The number of ether oxygens (including phenoxy) is 1. The average molecular weight is 334 g/mol. The molecule has 122 valence electrons. The van der Waals surface area contributed by atoms with Crippen LogP contribution in [0, 0.1) is 0 Å². The molecule has 23 heavy (non-hydrogen) atoms. The molecule has 0 fully saturated rings. The molecule has 2 aromatic carbocycles. The van der Waals surface area contributed by atoms with Crippen LogP contribution in [0.2, 0.25) is 0 Å². The van der Waals surface area contributed by atoms with Crippen LogP contribution in [0.15, 0.2) is 54.6 Å². The number of para-hydroxylation sites is 3. The van der Waals surface area contributed by atoms with Gasteiger partial charge in [-0.05, 0) is 45.0 Å². The fourth-order valence-electron chi connectivity index (χ4n) is 1.83. The van der Waals surface area contributed by atoms with E-state index < -0.39 is 13.8 Å². The molecule has 2 rings (SSSR count). The number of anilines is 1. The molecule has 0 radical (unpaired) electrons. The Morgan fingerprint density at radius 1 is 0.957 bits per heavy atom. The second-order valence-electron chi connectivity index (χ2n) is 5.79. The third-order valence-electron chi connectivity index (χ3n) is 2.73. The fourth-order valence-corrected chi connectivity index (χ4v) is 2.86. The van der Waals surface area contributed by atoms with Crippen molar-refractivity contribution in [3.63, 3.8) is 0 Å². The normalized spacial score (nSPS) is 11.7. The summed E-state index contributed by atoms with van der Waals surface area (Å²) in [5, 5.41) is 0. The summed E-state index contributed by atoms with van der Waals surface area (Å²) in [4.78, 5) is 7.11. The first-order chi connectivity index (χ1) is 10.9. The van der Waals surface area contributed by atoms with Crippen molar-refractivity contribution in [1.82, 2.24) is 0 Å². The van der Waals surface area contributed by atoms with Crippen LogP contribution in [-0.4, -0.2) is 12.7 Å². The van der Waals surface area contributed by atoms with Crippen molar-refractivity contribution in [2.75, 3.05) is 11.9 Å². The quantitative estimate of drug-likeness (QED) is 0.551. The summed E-state index contributed by atoms with van der Waals surface area (Å²) in [6.45, 7) is 5.63. The molecule has 0 saturated carbocycles. The molecule has 0 aliphatic carbocycles. The Morgan fingerprint density at radius 2 is 1.57 bits per heavy atom. The summed E-state index contributed by atoms with van der Waals surface area (Å²) in [6, 6.07) is 16.2. The van der Waals surface area contributed by atoms with Gasteiger partial charge >= 0.3 is 8.18 Å². The lowest BCUT2D eigenvalue weighted by Crippen LogP contribution is -2.30. The zero-order valence-corrected chi connectivity index (χ0v) is 14.6. The van der Waals surface area contributed by atoms with E-state index in [2.05, 4.69) is 0 Å². The van der Waals surface area contributed by atoms with Crippen molar-refractivity contribution in [3.8, 4) is 11.5 Å². The molecular formula is C17H21NO4P+. The van der Waals surface area contributed by atoms with Crippen molar-refractivity contribution in [3.05, 3.63) is 54.6 Å². The Bertz CT molecular complexity index is 655. The number of rotatable bonds is 6. The minimum atomic E-state index is -2.30. The predicted octanol–water partition coefficient (Wildman–Crippen LogP) is 4.97. The average Bonchev–Trinajstić information content (AvgIpc) is 2.52. The van der Waals surface area contributed by atoms with E-state index in [1.807, 2.05) is 51.1 Å². The number of hydrogen-bond donors (Lipinski definition) is 0. The van der Waals surface area contributed by atoms with Crippen LogP contribution in [0.25, 0.3) is 0 Å². The number of methoxy groups -OCH3 is 1. The zero-order chi connectivity index (χ0) is 16.9. The molecule has 2 aromatic rings. The molecule has 0 amide bonds. The van der Waals surface area contributed by atoms with Gasteiger partial charge in [-0.1, -0.05) is 30.3 Å². The van der Waals surface area contributed by atoms with Gasteiger partial charge in [0.2, 0.25) is 0 Å². The Balaban J connectivity index is 2.32. The van der Waals surface area contributed by atoms with Crippen LogP contribution in [0.1, 0.15) is 20.8 Å². The summed E-state index contributed by atoms with van der Waals surface area (Å²) < 4.78 is 23.6. The highest BCUT2D eigenvalue weighted by Crippen LogP contribution is 2.42. The van der Waals surface area contributed by atoms with Gasteiger partial charge in [-0.2, -0.15) is 0 Å². The minimum absolute atomic E-state index is 0.506. The van der Waals surface area contributed by atoms with Crippen molar-refractivity contribution in [1.29, 1.82) is 0 Å². The maximum atomic E-state index is 12.7. The molecule has 0 aliphatic heterocycles. The van der Waals surface area contributed by atoms with Gasteiger partial charge in [-0.25, -0.2) is 9.36 Å². The monoisotopic (exact) mass is 334 g/mol. The highest BCUT2D eigenvalue weighted by Gasteiger charge is 2.39. The van der Waals surface area contributed by atoms with E-state index in [1.165, 1.54) is 4.83 Å². The molecule has 0 saturated heterocycles. The topological polar surface area (TPSA) is 48.0 Å². The fraction of sp³-hybridized carbons (Fsp3) is 0.294. The van der Waals surface area contributed by atoms with Gasteiger partial charge in [0.05, 0.1) is 12.7 Å². The highest BCUT2D eigenvalue weighted by molar-refractivity contribution is 7.41. The SMILES string of the molecule is COc1ccccc1N(OC(C)(C)C)[P+](=O)Oc1ccccc1. The van der Waals surface area contributed by atoms with E-state index in [4.69, 9.17) is 14.1 Å². The lowest BCUT2D eigenvalue weighted by atomic mass is 10.2. The molecule has 6 heteroatoms. The Morgan fingerprint density at radius 3 is 2.17 bits per heavy atom. The molecule has 0 heterocycles. The molecular weight excluding hydrogens is 313 g/mol. The van der Waals surface area contributed by atoms with Crippen LogP contribution in [0.3, 0.4) is 0 Å². The Kier molecular flexibility index (Phi) is 5.59. The third kappa shape index (κ3) is 4.95. The first-order valence-corrected chi connectivity index (χ1v) is 8.36. The van der Waals surface area contributed by atoms with Crippen LogP contribution >= 0.6 is 8.18 Å². The van der Waals surface area contributed by atoms with Gasteiger partial charge in [-0.15, -0.1) is 0 Å². The summed E-state index contributed by atoms with van der Waals surface area (Å²) in [6.07, 6.45) is 0. The molecule has 0 aromatic heterocycles. The molecule has 0 N–H and O–H groups in total. The molecule has 1 atom stereocenters. The van der Waals surface area contributed by atoms with Crippen LogP contribution in [-0.2, 0) is 9.40 Å².